The largest absolute Gasteiger partial charge is 0.495 e. The van der Waals surface area contributed by atoms with Crippen molar-refractivity contribution in [3.8, 4) is 5.75 Å². The van der Waals surface area contributed by atoms with E-state index >= 15 is 0 Å². The third kappa shape index (κ3) is 5.02. The van der Waals surface area contributed by atoms with E-state index in [1.165, 1.54) is 40.4 Å². The number of para-hydroxylation sites is 2. The van der Waals surface area contributed by atoms with Crippen molar-refractivity contribution in [3.63, 3.8) is 0 Å². The van der Waals surface area contributed by atoms with Crippen LogP contribution in [0, 0.1) is 5.82 Å². The molecule has 2 aromatic carbocycles. The van der Waals surface area contributed by atoms with Gasteiger partial charge in [0.1, 0.15) is 11.6 Å². The number of aromatic nitrogens is 1. The van der Waals surface area contributed by atoms with Crippen LogP contribution in [0.15, 0.2) is 66.8 Å². The summed E-state index contributed by atoms with van der Waals surface area (Å²) in [6, 6.07) is 10.8. The lowest BCUT2D eigenvalue weighted by Crippen LogP contribution is -2.81. The zero-order chi connectivity index (χ0) is 30.2. The highest BCUT2D eigenvalue weighted by Crippen LogP contribution is 2.47. The first-order valence-corrected chi connectivity index (χ1v) is 13.8. The van der Waals surface area contributed by atoms with Crippen molar-refractivity contribution in [2.45, 2.75) is 11.8 Å². The summed E-state index contributed by atoms with van der Waals surface area (Å²) in [5.41, 5.74) is 0.882. The Labute approximate surface area is 247 Å². The molecule has 3 aliphatic rings. The molecule has 15 heteroatoms. The molecule has 43 heavy (non-hydrogen) atoms. The third-order valence-corrected chi connectivity index (χ3v) is 7.79. The number of carbonyl (C=O) groups is 4. The molecule has 0 aliphatic carbocycles. The lowest BCUT2D eigenvalue weighted by atomic mass is 10.1. The molecule has 0 amide bonds. The quantitative estimate of drug-likeness (QED) is 0.408. The van der Waals surface area contributed by atoms with Gasteiger partial charge < -0.3 is 29.0 Å². The molecular formula is C28H23FN4O9S. The van der Waals surface area contributed by atoms with Crippen LogP contribution in [-0.2, 0) is 38.1 Å². The van der Waals surface area contributed by atoms with Crippen molar-refractivity contribution in [3.05, 3.63) is 72.6 Å². The number of halogens is 1. The Hall–Kier alpha value is -5.02. The maximum Gasteiger partial charge on any atom is 0.442 e. The van der Waals surface area contributed by atoms with Crippen LogP contribution in [0.5, 0.6) is 5.75 Å². The van der Waals surface area contributed by atoms with E-state index in [2.05, 4.69) is 10.3 Å². The van der Waals surface area contributed by atoms with Crippen molar-refractivity contribution in [1.82, 2.24) is 9.88 Å². The Bertz CT molecular complexity index is 1650. The third-order valence-electron chi connectivity index (χ3n) is 6.82. The summed E-state index contributed by atoms with van der Waals surface area (Å²) in [5, 5.41) is 3.61. The minimum atomic E-state index is -2.66. The number of fused-ring (bicyclic) bond motifs is 2. The molecule has 0 bridgehead atoms. The first kappa shape index (κ1) is 28.1. The number of hydrogen-bond donors (Lipinski definition) is 1. The van der Waals surface area contributed by atoms with Gasteiger partial charge in [-0.15, -0.1) is 0 Å². The molecule has 4 heterocycles. The highest BCUT2D eigenvalue weighted by Gasteiger charge is 2.75. The van der Waals surface area contributed by atoms with Crippen LogP contribution in [0.25, 0.3) is 10.2 Å². The lowest BCUT2D eigenvalue weighted by molar-refractivity contribution is -0.415. The van der Waals surface area contributed by atoms with Gasteiger partial charge in [-0.05, 0) is 30.3 Å². The molecule has 222 valence electrons. The van der Waals surface area contributed by atoms with Crippen molar-refractivity contribution >= 4 is 56.2 Å². The van der Waals surface area contributed by atoms with Crippen molar-refractivity contribution in [1.29, 1.82) is 0 Å². The van der Waals surface area contributed by atoms with Crippen LogP contribution in [0.3, 0.4) is 0 Å². The Kier molecular flexibility index (Phi) is 7.19. The van der Waals surface area contributed by atoms with E-state index in [9.17, 15) is 23.6 Å². The van der Waals surface area contributed by atoms with Crippen molar-refractivity contribution in [2.75, 3.05) is 43.5 Å². The van der Waals surface area contributed by atoms with Crippen LogP contribution in [0.4, 0.5) is 15.2 Å². The summed E-state index contributed by atoms with van der Waals surface area (Å²) in [6.07, 6.45) is 3.39. The second kappa shape index (κ2) is 11.0. The predicted octanol–water partition coefficient (Wildman–Crippen LogP) is 2.30. The fourth-order valence-corrected chi connectivity index (χ4v) is 5.96. The average Bonchev–Trinajstić information content (AvgIpc) is 3.22. The summed E-state index contributed by atoms with van der Waals surface area (Å²) < 4.78 is 42.9. The van der Waals surface area contributed by atoms with Gasteiger partial charge in [0.15, 0.2) is 5.13 Å². The molecule has 13 nitrogen and oxygen atoms in total. The molecular weight excluding hydrogens is 587 g/mol. The number of methoxy groups -OCH3 is 1. The minimum Gasteiger partial charge on any atom is -0.495 e. The number of nitrogens with one attached hydrogen (secondary N) is 1. The van der Waals surface area contributed by atoms with Gasteiger partial charge in [0, 0.05) is 50.5 Å². The summed E-state index contributed by atoms with van der Waals surface area (Å²) >= 11 is 1.23. The number of piperazine rings is 1. The molecule has 0 atom stereocenters. The Morgan fingerprint density at radius 3 is 2.19 bits per heavy atom. The van der Waals surface area contributed by atoms with Crippen molar-refractivity contribution in [2.24, 2.45) is 0 Å². The second-order valence-electron chi connectivity index (χ2n) is 9.38. The Balaban J connectivity index is 1.42. The van der Waals surface area contributed by atoms with E-state index in [0.717, 1.165) is 24.3 Å². The molecule has 6 rings (SSSR count). The van der Waals surface area contributed by atoms with E-state index in [1.807, 2.05) is 0 Å². The highest BCUT2D eigenvalue weighted by molar-refractivity contribution is 7.22. The molecule has 1 fully saturated rings. The van der Waals surface area contributed by atoms with Crippen molar-refractivity contribution < 1.29 is 47.3 Å². The first-order chi connectivity index (χ1) is 20.7. The number of carbonyl (C=O) groups excluding carboxylic acids is 4. The van der Waals surface area contributed by atoms with Gasteiger partial charge in [0.05, 0.1) is 23.0 Å². The fourth-order valence-electron chi connectivity index (χ4n) is 5.04. The van der Waals surface area contributed by atoms with E-state index in [4.69, 9.17) is 23.7 Å². The monoisotopic (exact) mass is 610 g/mol. The van der Waals surface area contributed by atoms with Gasteiger partial charge in [-0.25, -0.2) is 33.5 Å². The Morgan fingerprint density at radius 2 is 1.53 bits per heavy atom. The predicted molar refractivity (Wildman–Crippen MR) is 148 cm³/mol. The van der Waals surface area contributed by atoms with Crippen LogP contribution < -0.4 is 15.0 Å². The molecule has 2 spiro atoms. The topological polar surface area (TPSA) is 146 Å². The molecule has 0 unspecified atom stereocenters. The maximum atomic E-state index is 13.7. The first-order valence-electron chi connectivity index (χ1n) is 13.0. The summed E-state index contributed by atoms with van der Waals surface area (Å²) in [5.74, 6) is -9.50. The van der Waals surface area contributed by atoms with Gasteiger partial charge >= 0.3 is 35.7 Å². The molecule has 3 aromatic rings. The minimum absolute atomic E-state index is 0.00507. The summed E-state index contributed by atoms with van der Waals surface area (Å²) in [6.45, 7) is 0.202. The number of esters is 4. The second-order valence-corrected chi connectivity index (χ2v) is 10.4. The maximum absolute atomic E-state index is 13.7. The molecule has 1 N–H and O–H groups in total. The highest BCUT2D eigenvalue weighted by atomic mass is 32.1. The molecule has 0 radical (unpaired) electrons. The summed E-state index contributed by atoms with van der Waals surface area (Å²) in [7, 11) is 1.42. The number of anilines is 2. The van der Waals surface area contributed by atoms with Gasteiger partial charge in [0.2, 0.25) is 0 Å². The smallest absolute Gasteiger partial charge is 0.442 e. The zero-order valence-electron chi connectivity index (χ0n) is 22.5. The molecule has 1 saturated heterocycles. The van der Waals surface area contributed by atoms with E-state index in [0.29, 0.717) is 21.1 Å². The number of thiazole rings is 1. The average molecular weight is 611 g/mol. The Morgan fingerprint density at radius 1 is 0.907 bits per heavy atom. The molecule has 0 saturated carbocycles. The van der Waals surface area contributed by atoms with Crippen LogP contribution in [0.1, 0.15) is 0 Å². The number of ether oxygens (including phenoxy) is 5. The number of nitrogens with zero attached hydrogens (tertiary/aromatic N) is 3. The van der Waals surface area contributed by atoms with E-state index < -0.39 is 41.5 Å². The molecule has 1 aromatic heterocycles. The van der Waals surface area contributed by atoms with E-state index in [1.54, 1.807) is 30.3 Å². The lowest BCUT2D eigenvalue weighted by Gasteiger charge is -2.56. The van der Waals surface area contributed by atoms with Gasteiger partial charge in [0.25, 0.3) is 0 Å². The zero-order valence-corrected chi connectivity index (χ0v) is 23.3. The normalized spacial score (nSPS) is 19.4. The number of hydrogen-bond acceptors (Lipinski definition) is 14. The fraction of sp³-hybridized carbons (Fsp3) is 0.250. The van der Waals surface area contributed by atoms with E-state index in [-0.39, 0.29) is 31.9 Å². The van der Waals surface area contributed by atoms with Crippen LogP contribution >= 0.6 is 11.3 Å². The van der Waals surface area contributed by atoms with Gasteiger partial charge in [-0.2, -0.15) is 0 Å². The van der Waals surface area contributed by atoms with Crippen LogP contribution in [0.2, 0.25) is 0 Å². The number of rotatable bonds is 6. The molecule has 3 aliphatic heterocycles. The number of benzene rings is 2. The van der Waals surface area contributed by atoms with Crippen LogP contribution in [-0.4, -0.2) is 78.9 Å². The SMILES string of the molecule is COc1ccccc1N1CCN(CCNc2nc3ccc(F)cc3s2)C2(OC(=O)C=CC(=O)O2)C12OC(=O)C=CC(=O)O2. The summed E-state index contributed by atoms with van der Waals surface area (Å²) in [4.78, 5) is 59.0. The standard InChI is InChI=1S/C28H23FN4O9S/c1-38-20-5-3-2-4-19(20)33-15-14-32(13-12-30-26-31-18-7-6-17(29)16-21(18)43-26)27(39-22(34)8-9-23(35)40-27)28(33)41-24(36)10-11-25(37)42-28/h2-11,16H,12-15H2,1H3,(H,30,31). The van der Waals surface area contributed by atoms with Gasteiger partial charge in [-0.3, -0.25) is 4.90 Å². The van der Waals surface area contributed by atoms with Gasteiger partial charge in [-0.1, -0.05) is 23.5 Å².